The maximum absolute atomic E-state index is 15.2. The SMILES string of the molecule is COC1(OC)CC[C@@H]2C3CC[C@]4(C)C(=O)CCC4[C@@H]3C[C@@H](F)C2C1. The molecule has 3 unspecified atom stereocenters. The summed E-state index contributed by atoms with van der Waals surface area (Å²) in [6.45, 7) is 2.16. The van der Waals surface area contributed by atoms with Crippen molar-refractivity contribution in [2.45, 2.75) is 70.2 Å². The van der Waals surface area contributed by atoms with Crippen LogP contribution in [0.25, 0.3) is 0 Å². The van der Waals surface area contributed by atoms with Gasteiger partial charge < -0.3 is 9.47 Å². The van der Waals surface area contributed by atoms with E-state index < -0.39 is 12.0 Å². The third-order valence-electron chi connectivity index (χ3n) is 8.41. The van der Waals surface area contributed by atoms with Gasteiger partial charge in [-0.1, -0.05) is 6.92 Å². The van der Waals surface area contributed by atoms with E-state index in [-0.39, 0.29) is 11.3 Å². The minimum atomic E-state index is -0.778. The van der Waals surface area contributed by atoms with E-state index in [9.17, 15) is 4.79 Å². The molecule has 0 aromatic rings. The van der Waals surface area contributed by atoms with Gasteiger partial charge in [-0.05, 0) is 61.7 Å². The van der Waals surface area contributed by atoms with Gasteiger partial charge in [-0.15, -0.1) is 0 Å². The van der Waals surface area contributed by atoms with Crippen molar-refractivity contribution in [1.82, 2.24) is 0 Å². The molecule has 0 heterocycles. The number of carbonyl (C=O) groups is 1. The second kappa shape index (κ2) is 5.77. The summed E-state index contributed by atoms with van der Waals surface area (Å²) in [4.78, 5) is 12.4. The van der Waals surface area contributed by atoms with Crippen molar-refractivity contribution in [3.63, 3.8) is 0 Å². The summed E-state index contributed by atoms with van der Waals surface area (Å²) in [5.41, 5.74) is -0.162. The highest BCUT2D eigenvalue weighted by atomic mass is 19.1. The Morgan fingerprint density at radius 3 is 2.38 bits per heavy atom. The molecule has 7 atom stereocenters. The lowest BCUT2D eigenvalue weighted by molar-refractivity contribution is -0.253. The van der Waals surface area contributed by atoms with Crippen LogP contribution in [-0.4, -0.2) is 32.0 Å². The van der Waals surface area contributed by atoms with Gasteiger partial charge in [0, 0.05) is 38.9 Å². The van der Waals surface area contributed by atoms with Gasteiger partial charge in [0.15, 0.2) is 5.79 Å². The Kier molecular flexibility index (Phi) is 4.08. The normalized spacial score (nSPS) is 50.1. The van der Waals surface area contributed by atoms with Gasteiger partial charge in [0.2, 0.25) is 0 Å². The Hall–Kier alpha value is -0.480. The molecule has 4 aliphatic rings. The average Bonchev–Trinajstić information content (AvgIpc) is 2.90. The number of ketones is 1. The highest BCUT2D eigenvalue weighted by Gasteiger charge is 2.60. The smallest absolute Gasteiger partial charge is 0.167 e. The Morgan fingerprint density at radius 1 is 1.00 bits per heavy atom. The number of fused-ring (bicyclic) bond motifs is 5. The quantitative estimate of drug-likeness (QED) is 0.710. The summed E-state index contributed by atoms with van der Waals surface area (Å²) < 4.78 is 26.4. The van der Waals surface area contributed by atoms with Gasteiger partial charge in [0.25, 0.3) is 0 Å². The Balaban J connectivity index is 1.58. The highest BCUT2D eigenvalue weighted by Crippen LogP contribution is 2.62. The van der Waals surface area contributed by atoms with Crippen molar-refractivity contribution in [2.24, 2.45) is 35.0 Å². The highest BCUT2D eigenvalue weighted by molar-refractivity contribution is 5.87. The van der Waals surface area contributed by atoms with Gasteiger partial charge in [-0.2, -0.15) is 0 Å². The van der Waals surface area contributed by atoms with Crippen molar-refractivity contribution in [1.29, 1.82) is 0 Å². The Labute approximate surface area is 144 Å². The number of rotatable bonds is 2. The lowest BCUT2D eigenvalue weighted by Crippen LogP contribution is -2.55. The maximum Gasteiger partial charge on any atom is 0.167 e. The second-order valence-corrected chi connectivity index (χ2v) is 8.99. The van der Waals surface area contributed by atoms with Crippen molar-refractivity contribution < 1.29 is 18.7 Å². The van der Waals surface area contributed by atoms with Gasteiger partial charge in [-0.3, -0.25) is 4.79 Å². The van der Waals surface area contributed by atoms with E-state index in [1.807, 2.05) is 0 Å². The molecule has 4 saturated carbocycles. The number of methoxy groups -OCH3 is 2. The molecule has 0 spiro atoms. The molecule has 0 aromatic carbocycles. The first-order valence-electron chi connectivity index (χ1n) is 9.72. The van der Waals surface area contributed by atoms with E-state index in [0.717, 1.165) is 32.1 Å². The van der Waals surface area contributed by atoms with Crippen molar-refractivity contribution in [3.05, 3.63) is 0 Å². The molecule has 0 saturated heterocycles. The molecule has 4 fully saturated rings. The van der Waals surface area contributed by atoms with E-state index in [1.54, 1.807) is 14.2 Å². The Bertz CT molecular complexity index is 517. The summed E-state index contributed by atoms with van der Waals surface area (Å²) in [5, 5.41) is 0. The molecule has 136 valence electrons. The summed E-state index contributed by atoms with van der Waals surface area (Å²) in [7, 11) is 3.36. The van der Waals surface area contributed by atoms with Gasteiger partial charge in [0.1, 0.15) is 12.0 Å². The zero-order chi connectivity index (χ0) is 17.1. The van der Waals surface area contributed by atoms with E-state index in [4.69, 9.17) is 9.47 Å². The fourth-order valence-electron chi connectivity index (χ4n) is 6.99. The molecule has 0 N–H and O–H groups in total. The number of hydrogen-bond donors (Lipinski definition) is 0. The first-order valence-corrected chi connectivity index (χ1v) is 9.72. The first kappa shape index (κ1) is 17.0. The molecule has 24 heavy (non-hydrogen) atoms. The largest absolute Gasteiger partial charge is 0.353 e. The van der Waals surface area contributed by atoms with Crippen LogP contribution >= 0.6 is 0 Å². The molecule has 0 radical (unpaired) electrons. The lowest BCUT2D eigenvalue weighted by Gasteiger charge is -2.56. The minimum absolute atomic E-state index is 0.0568. The maximum atomic E-state index is 15.2. The van der Waals surface area contributed by atoms with Crippen LogP contribution < -0.4 is 0 Å². The first-order chi connectivity index (χ1) is 11.4. The van der Waals surface area contributed by atoms with Crippen LogP contribution in [0.4, 0.5) is 4.39 Å². The predicted octanol–water partition coefficient (Wildman–Crippen LogP) is 4.15. The zero-order valence-electron chi connectivity index (χ0n) is 15.2. The van der Waals surface area contributed by atoms with E-state index in [1.165, 1.54) is 0 Å². The molecular formula is C20H31FO3. The molecule has 0 amide bonds. The lowest BCUT2D eigenvalue weighted by atomic mass is 9.50. The van der Waals surface area contributed by atoms with Crippen LogP contribution in [0, 0.1) is 35.0 Å². The van der Waals surface area contributed by atoms with Crippen LogP contribution in [-0.2, 0) is 14.3 Å². The summed E-state index contributed by atoms with van der Waals surface area (Å²) in [5.74, 6) is 1.76. The minimum Gasteiger partial charge on any atom is -0.353 e. The molecule has 0 aliphatic heterocycles. The van der Waals surface area contributed by atoms with Gasteiger partial charge in [-0.25, -0.2) is 4.39 Å². The summed E-state index contributed by atoms with van der Waals surface area (Å²) in [6, 6.07) is 0. The fraction of sp³-hybridized carbons (Fsp3) is 0.950. The molecular weight excluding hydrogens is 307 g/mol. The van der Waals surface area contributed by atoms with Crippen LogP contribution in [0.2, 0.25) is 0 Å². The van der Waals surface area contributed by atoms with E-state index in [2.05, 4.69) is 6.92 Å². The van der Waals surface area contributed by atoms with Crippen LogP contribution in [0.1, 0.15) is 58.3 Å². The number of hydrogen-bond acceptors (Lipinski definition) is 3. The zero-order valence-corrected chi connectivity index (χ0v) is 15.2. The monoisotopic (exact) mass is 338 g/mol. The van der Waals surface area contributed by atoms with Crippen LogP contribution in [0.3, 0.4) is 0 Å². The Morgan fingerprint density at radius 2 is 1.67 bits per heavy atom. The van der Waals surface area contributed by atoms with Gasteiger partial charge >= 0.3 is 0 Å². The number of carbonyl (C=O) groups excluding carboxylic acids is 1. The molecule has 0 aromatic heterocycles. The predicted molar refractivity (Wildman–Crippen MR) is 89.1 cm³/mol. The number of Topliss-reactive ketones (excluding diaryl/α,β-unsaturated/α-hetero) is 1. The number of halogens is 1. The van der Waals surface area contributed by atoms with E-state index in [0.29, 0.717) is 48.7 Å². The van der Waals surface area contributed by atoms with Gasteiger partial charge in [0.05, 0.1) is 0 Å². The third kappa shape index (κ3) is 2.25. The summed E-state index contributed by atoms with van der Waals surface area (Å²) in [6.07, 6.45) is 6.20. The van der Waals surface area contributed by atoms with Crippen LogP contribution in [0.15, 0.2) is 0 Å². The number of ether oxygens (including phenoxy) is 2. The summed E-state index contributed by atoms with van der Waals surface area (Å²) >= 11 is 0. The molecule has 4 rings (SSSR count). The second-order valence-electron chi connectivity index (χ2n) is 8.99. The van der Waals surface area contributed by atoms with E-state index >= 15 is 4.39 Å². The molecule has 4 aliphatic carbocycles. The number of alkyl halides is 1. The molecule has 3 nitrogen and oxygen atoms in total. The van der Waals surface area contributed by atoms with Crippen LogP contribution in [0.5, 0.6) is 0 Å². The third-order valence-corrected chi connectivity index (χ3v) is 8.41. The standard InChI is InChI=1S/C20H31FO3/c1-19-8-6-12-13-7-9-20(23-2,24-3)11-15(13)17(21)10-14(12)16(19)4-5-18(19)22/h12-17H,4-11H2,1-3H3/t12?,13-,14-,15?,16?,17-,19+/m1/s1. The van der Waals surface area contributed by atoms with Crippen molar-refractivity contribution in [2.75, 3.05) is 14.2 Å². The fourth-order valence-corrected chi connectivity index (χ4v) is 6.99. The van der Waals surface area contributed by atoms with Crippen molar-refractivity contribution >= 4 is 5.78 Å². The molecule has 0 bridgehead atoms. The molecule has 4 heteroatoms. The average molecular weight is 338 g/mol. The topological polar surface area (TPSA) is 35.5 Å². The van der Waals surface area contributed by atoms with Crippen molar-refractivity contribution in [3.8, 4) is 0 Å².